The minimum atomic E-state index is 0.189. The van der Waals surface area contributed by atoms with Crippen LogP contribution >= 0.6 is 0 Å². The Hall–Kier alpha value is -1.43. The Kier molecular flexibility index (Phi) is 5.65. The van der Waals surface area contributed by atoms with Crippen molar-refractivity contribution in [3.8, 4) is 0 Å². The van der Waals surface area contributed by atoms with Gasteiger partial charge in [-0.25, -0.2) is 4.68 Å². The van der Waals surface area contributed by atoms with Crippen LogP contribution in [0.1, 0.15) is 50.6 Å². The number of likely N-dealkylation sites (tertiary alicyclic amines) is 2. The number of aryl methyl sites for hydroxylation is 1. The molecule has 1 aromatic heterocycles. The molecular formula is C17H29N5O. The van der Waals surface area contributed by atoms with Gasteiger partial charge in [0.25, 0.3) is 0 Å². The highest BCUT2D eigenvalue weighted by Crippen LogP contribution is 2.20. The summed E-state index contributed by atoms with van der Waals surface area (Å²) >= 11 is 0. The Bertz CT molecular complexity index is 507. The van der Waals surface area contributed by atoms with E-state index in [1.165, 1.54) is 45.2 Å². The fourth-order valence-electron chi connectivity index (χ4n) is 3.84. The van der Waals surface area contributed by atoms with Gasteiger partial charge in [-0.05, 0) is 52.1 Å². The molecule has 0 unspecified atom stereocenters. The lowest BCUT2D eigenvalue weighted by Gasteiger charge is -2.38. The zero-order valence-electron chi connectivity index (χ0n) is 14.3. The third-order valence-electron chi connectivity index (χ3n) is 5.07. The van der Waals surface area contributed by atoms with Crippen LogP contribution < -0.4 is 0 Å². The molecule has 0 aliphatic carbocycles. The highest BCUT2D eigenvalue weighted by atomic mass is 16.2. The van der Waals surface area contributed by atoms with Gasteiger partial charge < -0.3 is 9.80 Å². The van der Waals surface area contributed by atoms with Gasteiger partial charge >= 0.3 is 0 Å². The topological polar surface area (TPSA) is 54.3 Å². The van der Waals surface area contributed by atoms with E-state index in [0.29, 0.717) is 12.6 Å². The van der Waals surface area contributed by atoms with Crippen molar-refractivity contribution in [2.24, 2.45) is 0 Å². The Balaban J connectivity index is 1.59. The van der Waals surface area contributed by atoms with Gasteiger partial charge in [-0.1, -0.05) is 18.1 Å². The molecule has 0 N–H and O–H groups in total. The van der Waals surface area contributed by atoms with Crippen LogP contribution in [0.3, 0.4) is 0 Å². The second-order valence-electron chi connectivity index (χ2n) is 7.01. The van der Waals surface area contributed by atoms with E-state index in [0.717, 1.165) is 31.6 Å². The fraction of sp³-hybridized carbons (Fsp3) is 0.824. The molecule has 0 radical (unpaired) electrons. The SMILES string of the molecule is Cc1cn(CC(=O)N2CCCC[C@H]2CN2CCCCCC2)nn1. The van der Waals surface area contributed by atoms with Crippen LogP contribution in [-0.2, 0) is 11.3 Å². The monoisotopic (exact) mass is 319 g/mol. The van der Waals surface area contributed by atoms with E-state index in [2.05, 4.69) is 20.1 Å². The normalized spacial score (nSPS) is 23.7. The molecule has 2 fully saturated rings. The maximum absolute atomic E-state index is 12.7. The van der Waals surface area contributed by atoms with Gasteiger partial charge in [0.2, 0.25) is 5.91 Å². The van der Waals surface area contributed by atoms with Gasteiger partial charge in [0, 0.05) is 25.3 Å². The molecule has 6 nitrogen and oxygen atoms in total. The molecule has 2 aliphatic heterocycles. The Morgan fingerprint density at radius 3 is 2.57 bits per heavy atom. The quantitative estimate of drug-likeness (QED) is 0.850. The number of nitrogens with zero attached hydrogens (tertiary/aromatic N) is 5. The van der Waals surface area contributed by atoms with E-state index in [1.807, 2.05) is 13.1 Å². The maximum Gasteiger partial charge on any atom is 0.244 e. The minimum absolute atomic E-state index is 0.189. The van der Waals surface area contributed by atoms with E-state index in [1.54, 1.807) is 4.68 Å². The molecule has 3 rings (SSSR count). The lowest BCUT2D eigenvalue weighted by molar-refractivity contribution is -0.136. The molecule has 128 valence electrons. The summed E-state index contributed by atoms with van der Waals surface area (Å²) in [5.41, 5.74) is 0.859. The van der Waals surface area contributed by atoms with Crippen LogP contribution in [0, 0.1) is 6.92 Å². The number of amides is 1. The number of hydrogen-bond acceptors (Lipinski definition) is 4. The van der Waals surface area contributed by atoms with Gasteiger partial charge in [0.1, 0.15) is 6.54 Å². The van der Waals surface area contributed by atoms with E-state index in [9.17, 15) is 4.79 Å². The van der Waals surface area contributed by atoms with Gasteiger partial charge in [-0.3, -0.25) is 4.79 Å². The molecule has 2 aliphatic rings. The van der Waals surface area contributed by atoms with Crippen molar-refractivity contribution in [1.29, 1.82) is 0 Å². The van der Waals surface area contributed by atoms with Crippen LogP contribution in [0.5, 0.6) is 0 Å². The van der Waals surface area contributed by atoms with E-state index >= 15 is 0 Å². The van der Waals surface area contributed by atoms with Crippen molar-refractivity contribution in [2.75, 3.05) is 26.2 Å². The minimum Gasteiger partial charge on any atom is -0.337 e. The smallest absolute Gasteiger partial charge is 0.244 e. The van der Waals surface area contributed by atoms with Crippen molar-refractivity contribution in [2.45, 2.75) is 64.5 Å². The largest absolute Gasteiger partial charge is 0.337 e. The zero-order valence-corrected chi connectivity index (χ0v) is 14.3. The molecule has 1 aromatic rings. The summed E-state index contributed by atoms with van der Waals surface area (Å²) in [6.45, 7) is 6.54. The van der Waals surface area contributed by atoms with Crippen molar-refractivity contribution in [3.05, 3.63) is 11.9 Å². The summed E-state index contributed by atoms with van der Waals surface area (Å²) in [5, 5.41) is 7.98. The van der Waals surface area contributed by atoms with Gasteiger partial charge in [-0.2, -0.15) is 0 Å². The first-order chi connectivity index (χ1) is 11.2. The third kappa shape index (κ3) is 4.53. The third-order valence-corrected chi connectivity index (χ3v) is 5.07. The molecule has 0 bridgehead atoms. The first-order valence-electron chi connectivity index (χ1n) is 9.11. The molecule has 6 heteroatoms. The Morgan fingerprint density at radius 2 is 1.87 bits per heavy atom. The average Bonchev–Trinajstić information content (AvgIpc) is 2.80. The van der Waals surface area contributed by atoms with Crippen molar-refractivity contribution in [1.82, 2.24) is 24.8 Å². The zero-order chi connectivity index (χ0) is 16.1. The first-order valence-corrected chi connectivity index (χ1v) is 9.11. The molecular weight excluding hydrogens is 290 g/mol. The molecule has 0 aromatic carbocycles. The number of hydrogen-bond donors (Lipinski definition) is 0. The number of carbonyl (C=O) groups excluding carboxylic acids is 1. The highest BCUT2D eigenvalue weighted by molar-refractivity contribution is 5.76. The van der Waals surface area contributed by atoms with Crippen molar-refractivity contribution >= 4 is 5.91 Å². The van der Waals surface area contributed by atoms with Crippen LogP contribution in [-0.4, -0.2) is 62.9 Å². The van der Waals surface area contributed by atoms with Crippen LogP contribution in [0.4, 0.5) is 0 Å². The summed E-state index contributed by atoms with van der Waals surface area (Å²) < 4.78 is 1.66. The Morgan fingerprint density at radius 1 is 1.13 bits per heavy atom. The van der Waals surface area contributed by atoms with E-state index < -0.39 is 0 Å². The summed E-state index contributed by atoms with van der Waals surface area (Å²) in [5.74, 6) is 0.189. The molecule has 0 saturated carbocycles. The summed E-state index contributed by atoms with van der Waals surface area (Å²) in [6, 6.07) is 0.374. The van der Waals surface area contributed by atoms with Gasteiger partial charge in [0.05, 0.1) is 5.69 Å². The molecule has 23 heavy (non-hydrogen) atoms. The molecule has 2 saturated heterocycles. The molecule has 1 atom stereocenters. The summed E-state index contributed by atoms with van der Waals surface area (Å²) in [7, 11) is 0. The molecule has 1 amide bonds. The van der Waals surface area contributed by atoms with Crippen molar-refractivity contribution in [3.63, 3.8) is 0 Å². The van der Waals surface area contributed by atoms with E-state index in [4.69, 9.17) is 0 Å². The molecule has 0 spiro atoms. The number of rotatable bonds is 4. The Labute approximate surface area is 138 Å². The average molecular weight is 319 g/mol. The second-order valence-corrected chi connectivity index (χ2v) is 7.01. The fourth-order valence-corrected chi connectivity index (χ4v) is 3.84. The lowest BCUT2D eigenvalue weighted by atomic mass is 10.0. The number of aromatic nitrogens is 3. The number of carbonyl (C=O) groups is 1. The van der Waals surface area contributed by atoms with E-state index in [-0.39, 0.29) is 5.91 Å². The predicted octanol–water partition coefficient (Wildman–Crippen LogP) is 1.84. The standard InChI is InChI=1S/C17H29N5O/c1-15-12-21(19-18-15)14-17(23)22-11-7-4-8-16(22)13-20-9-5-2-3-6-10-20/h12,16H,2-11,13-14H2,1H3/t16-/m0/s1. The highest BCUT2D eigenvalue weighted by Gasteiger charge is 2.28. The number of piperidine rings is 1. The summed E-state index contributed by atoms with van der Waals surface area (Å²) in [4.78, 5) is 17.4. The van der Waals surface area contributed by atoms with Crippen LogP contribution in [0.25, 0.3) is 0 Å². The summed E-state index contributed by atoms with van der Waals surface area (Å²) in [6.07, 6.45) is 10.7. The first kappa shape index (κ1) is 16.4. The predicted molar refractivity (Wildman–Crippen MR) is 89.0 cm³/mol. The maximum atomic E-state index is 12.7. The van der Waals surface area contributed by atoms with Gasteiger partial charge in [-0.15, -0.1) is 5.10 Å². The van der Waals surface area contributed by atoms with Crippen LogP contribution in [0.15, 0.2) is 6.20 Å². The second kappa shape index (κ2) is 7.90. The lowest BCUT2D eigenvalue weighted by Crippen LogP contribution is -2.50. The molecule has 3 heterocycles. The van der Waals surface area contributed by atoms with Crippen molar-refractivity contribution < 1.29 is 4.79 Å². The van der Waals surface area contributed by atoms with Gasteiger partial charge in [0.15, 0.2) is 0 Å². The van der Waals surface area contributed by atoms with Crippen LogP contribution in [0.2, 0.25) is 0 Å².